The highest BCUT2D eigenvalue weighted by Gasteiger charge is 2.26. The van der Waals surface area contributed by atoms with Gasteiger partial charge in [-0.25, -0.2) is 18.6 Å². The molecule has 1 aromatic heterocycles. The highest BCUT2D eigenvalue weighted by atomic mass is 35.5. The maximum atomic E-state index is 12.6. The van der Waals surface area contributed by atoms with Gasteiger partial charge < -0.3 is 4.74 Å². The number of ether oxygens (including phenoxy) is 1. The van der Waals surface area contributed by atoms with E-state index < -0.39 is 28.7 Å². The number of halogens is 4. The van der Waals surface area contributed by atoms with E-state index in [1.807, 2.05) is 0 Å². The van der Waals surface area contributed by atoms with E-state index in [0.29, 0.717) is 0 Å². The van der Waals surface area contributed by atoms with Crippen LogP contribution in [-0.2, 0) is 4.74 Å². The summed E-state index contributed by atoms with van der Waals surface area (Å²) in [5, 5.41) is -0.684. The molecular weight excluding hydrogens is 251 g/mol. The third-order valence-corrected chi connectivity index (χ3v) is 2.22. The molecule has 0 unspecified atom stereocenters. The van der Waals surface area contributed by atoms with E-state index in [2.05, 4.69) is 9.72 Å². The lowest BCUT2D eigenvalue weighted by Crippen LogP contribution is -2.08. The molecule has 3 nitrogen and oxygen atoms in total. The Kier molecular flexibility index (Phi) is 3.82. The number of hydrogen-bond acceptors (Lipinski definition) is 3. The molecule has 0 amide bonds. The van der Waals surface area contributed by atoms with E-state index >= 15 is 0 Å². The Balaban J connectivity index is 3.45. The van der Waals surface area contributed by atoms with Gasteiger partial charge in [0, 0.05) is 6.20 Å². The summed E-state index contributed by atoms with van der Waals surface area (Å²) in [6.07, 6.45) is -1.93. The van der Waals surface area contributed by atoms with Gasteiger partial charge in [-0.05, 0) is 0 Å². The number of pyridine rings is 1. The molecular formula is C8H5Cl2F2NO2. The van der Waals surface area contributed by atoms with E-state index in [4.69, 9.17) is 23.2 Å². The minimum absolute atomic E-state index is 0.221. The molecule has 0 N–H and O–H groups in total. The van der Waals surface area contributed by atoms with Crippen LogP contribution in [0.4, 0.5) is 8.78 Å². The maximum absolute atomic E-state index is 12.6. The number of hydrogen-bond donors (Lipinski definition) is 0. The molecule has 1 heterocycles. The zero-order valence-corrected chi connectivity index (χ0v) is 8.94. The predicted molar refractivity (Wildman–Crippen MR) is 50.6 cm³/mol. The normalized spacial score (nSPS) is 10.5. The molecule has 0 aliphatic rings. The maximum Gasteiger partial charge on any atom is 0.340 e. The first kappa shape index (κ1) is 12.1. The van der Waals surface area contributed by atoms with Gasteiger partial charge in [-0.2, -0.15) is 0 Å². The molecule has 15 heavy (non-hydrogen) atoms. The first-order chi connectivity index (χ1) is 6.99. The Hall–Kier alpha value is -0.940. The van der Waals surface area contributed by atoms with Crippen molar-refractivity contribution in [2.24, 2.45) is 0 Å². The van der Waals surface area contributed by atoms with Gasteiger partial charge in [-0.3, -0.25) is 0 Å². The first-order valence-electron chi connectivity index (χ1n) is 3.69. The zero-order valence-electron chi connectivity index (χ0n) is 7.43. The van der Waals surface area contributed by atoms with Crippen molar-refractivity contribution in [3.63, 3.8) is 0 Å². The topological polar surface area (TPSA) is 39.2 Å². The minimum Gasteiger partial charge on any atom is -0.465 e. The van der Waals surface area contributed by atoms with Crippen LogP contribution in [0.5, 0.6) is 0 Å². The van der Waals surface area contributed by atoms with E-state index in [9.17, 15) is 13.6 Å². The average Bonchev–Trinajstić information content (AvgIpc) is 2.19. The largest absolute Gasteiger partial charge is 0.465 e. The second-order valence-electron chi connectivity index (χ2n) is 2.48. The van der Waals surface area contributed by atoms with Gasteiger partial charge in [0.1, 0.15) is 5.15 Å². The van der Waals surface area contributed by atoms with Crippen molar-refractivity contribution in [2.75, 3.05) is 7.11 Å². The third kappa shape index (κ3) is 2.35. The van der Waals surface area contributed by atoms with Crippen LogP contribution in [0.1, 0.15) is 22.3 Å². The number of carbonyl (C=O) groups is 1. The van der Waals surface area contributed by atoms with Crippen molar-refractivity contribution < 1.29 is 18.3 Å². The SMILES string of the molecule is COC(=O)c1c(Cl)cnc(Cl)c1C(F)F. The van der Waals surface area contributed by atoms with Crippen molar-refractivity contribution in [1.29, 1.82) is 0 Å². The highest BCUT2D eigenvalue weighted by molar-refractivity contribution is 6.35. The Morgan fingerprint density at radius 3 is 2.60 bits per heavy atom. The molecule has 0 bridgehead atoms. The van der Waals surface area contributed by atoms with Crippen LogP contribution in [0, 0.1) is 0 Å². The molecule has 0 aromatic carbocycles. The lowest BCUT2D eigenvalue weighted by Gasteiger charge is -2.09. The molecule has 1 aromatic rings. The first-order valence-corrected chi connectivity index (χ1v) is 4.45. The smallest absolute Gasteiger partial charge is 0.340 e. The van der Waals surface area contributed by atoms with Gasteiger partial charge in [0.05, 0.1) is 23.3 Å². The van der Waals surface area contributed by atoms with Crippen molar-refractivity contribution >= 4 is 29.2 Å². The van der Waals surface area contributed by atoms with Gasteiger partial charge in [0.2, 0.25) is 0 Å². The standard InChI is InChI=1S/C8H5Cl2F2NO2/c1-15-8(14)4-3(9)2-13-6(10)5(4)7(11)12/h2,7H,1H3. The number of aromatic nitrogens is 1. The summed E-state index contributed by atoms with van der Waals surface area (Å²) in [5.41, 5.74) is -1.16. The number of nitrogens with zero attached hydrogens (tertiary/aromatic N) is 1. The summed E-state index contributed by atoms with van der Waals surface area (Å²) in [6, 6.07) is 0. The average molecular weight is 256 g/mol. The fraction of sp³-hybridized carbons (Fsp3) is 0.250. The molecule has 0 radical (unpaired) electrons. The van der Waals surface area contributed by atoms with E-state index in [0.717, 1.165) is 13.3 Å². The number of methoxy groups -OCH3 is 1. The predicted octanol–water partition coefficient (Wildman–Crippen LogP) is 3.11. The number of carbonyl (C=O) groups excluding carboxylic acids is 1. The van der Waals surface area contributed by atoms with Crippen molar-refractivity contribution in [1.82, 2.24) is 4.98 Å². The van der Waals surface area contributed by atoms with Crippen LogP contribution in [0.2, 0.25) is 10.2 Å². The summed E-state index contributed by atoms with van der Waals surface area (Å²) in [5.74, 6) is -0.973. The number of esters is 1. The summed E-state index contributed by atoms with van der Waals surface area (Å²) >= 11 is 11.0. The second kappa shape index (κ2) is 4.72. The molecule has 0 atom stereocenters. The fourth-order valence-corrected chi connectivity index (χ4v) is 1.44. The van der Waals surface area contributed by atoms with Gasteiger partial charge in [0.15, 0.2) is 0 Å². The van der Waals surface area contributed by atoms with Crippen molar-refractivity contribution in [3.05, 3.63) is 27.5 Å². The van der Waals surface area contributed by atoms with Gasteiger partial charge in [-0.1, -0.05) is 23.2 Å². The fourth-order valence-electron chi connectivity index (χ4n) is 0.988. The molecule has 1 rings (SSSR count). The van der Waals surface area contributed by atoms with Crippen LogP contribution >= 0.6 is 23.2 Å². The molecule has 0 saturated carbocycles. The molecule has 82 valence electrons. The van der Waals surface area contributed by atoms with Crippen molar-refractivity contribution in [2.45, 2.75) is 6.43 Å². The van der Waals surface area contributed by atoms with Crippen LogP contribution in [-0.4, -0.2) is 18.1 Å². The summed E-state index contributed by atoms with van der Waals surface area (Å²) < 4.78 is 29.5. The molecule has 0 saturated heterocycles. The van der Waals surface area contributed by atoms with E-state index in [-0.39, 0.29) is 5.02 Å². The Labute approximate surface area is 94.0 Å². The second-order valence-corrected chi connectivity index (χ2v) is 3.24. The van der Waals surface area contributed by atoms with Crippen molar-refractivity contribution in [3.8, 4) is 0 Å². The monoisotopic (exact) mass is 255 g/mol. The molecule has 0 aliphatic heterocycles. The Bertz CT molecular complexity index is 398. The van der Waals surface area contributed by atoms with Crippen LogP contribution in [0.15, 0.2) is 6.20 Å². The highest BCUT2D eigenvalue weighted by Crippen LogP contribution is 2.33. The molecule has 0 fully saturated rings. The van der Waals surface area contributed by atoms with Crippen LogP contribution in [0.25, 0.3) is 0 Å². The number of rotatable bonds is 2. The Morgan fingerprint density at radius 2 is 2.13 bits per heavy atom. The third-order valence-electron chi connectivity index (χ3n) is 1.63. The zero-order chi connectivity index (χ0) is 11.6. The van der Waals surface area contributed by atoms with Crippen LogP contribution in [0.3, 0.4) is 0 Å². The van der Waals surface area contributed by atoms with Crippen LogP contribution < -0.4 is 0 Å². The quantitative estimate of drug-likeness (QED) is 0.602. The van der Waals surface area contributed by atoms with Gasteiger partial charge in [-0.15, -0.1) is 0 Å². The summed E-state index contributed by atoms with van der Waals surface area (Å²) in [6.45, 7) is 0. The molecule has 7 heteroatoms. The van der Waals surface area contributed by atoms with Gasteiger partial charge >= 0.3 is 5.97 Å². The van der Waals surface area contributed by atoms with E-state index in [1.54, 1.807) is 0 Å². The number of alkyl halides is 2. The van der Waals surface area contributed by atoms with Gasteiger partial charge in [0.25, 0.3) is 6.43 Å². The van der Waals surface area contributed by atoms with E-state index in [1.165, 1.54) is 0 Å². The lowest BCUT2D eigenvalue weighted by atomic mass is 10.1. The Morgan fingerprint density at radius 1 is 1.53 bits per heavy atom. The summed E-state index contributed by atoms with van der Waals surface area (Å²) in [4.78, 5) is 14.6. The molecule has 0 spiro atoms. The minimum atomic E-state index is -2.95. The summed E-state index contributed by atoms with van der Waals surface area (Å²) in [7, 11) is 1.06. The molecule has 0 aliphatic carbocycles. The lowest BCUT2D eigenvalue weighted by molar-refractivity contribution is 0.0589.